The normalized spacial score (nSPS) is 28.1. The number of aliphatic hydroxyl groups is 1. The van der Waals surface area contributed by atoms with E-state index in [-0.39, 0.29) is 5.91 Å². The van der Waals surface area contributed by atoms with Crippen LogP contribution in [0.15, 0.2) is 0 Å². The van der Waals surface area contributed by atoms with Gasteiger partial charge in [-0.1, -0.05) is 0 Å². The van der Waals surface area contributed by atoms with Gasteiger partial charge in [-0.3, -0.25) is 4.79 Å². The van der Waals surface area contributed by atoms with Gasteiger partial charge >= 0.3 is 0 Å². The molecule has 1 aliphatic heterocycles. The monoisotopic (exact) mass is 186 g/mol. The first kappa shape index (κ1) is 10.5. The number of β-amino-alcohol motifs (C(OH)–C–C–N with tert-alkyl or cyclic N) is 1. The lowest BCUT2D eigenvalue weighted by molar-refractivity contribution is -0.131. The molecule has 1 aliphatic rings. The molecule has 0 aromatic heterocycles. The highest BCUT2D eigenvalue weighted by molar-refractivity contribution is 5.76. The van der Waals surface area contributed by atoms with E-state index in [2.05, 4.69) is 0 Å². The van der Waals surface area contributed by atoms with E-state index in [1.54, 1.807) is 11.8 Å². The molecule has 0 aliphatic carbocycles. The molecule has 4 nitrogen and oxygen atoms in total. The quantitative estimate of drug-likeness (QED) is 0.636. The van der Waals surface area contributed by atoms with E-state index < -0.39 is 5.60 Å². The number of carbonyl (C=O) groups is 1. The van der Waals surface area contributed by atoms with Crippen LogP contribution in [0.1, 0.15) is 26.2 Å². The van der Waals surface area contributed by atoms with Crippen molar-refractivity contribution in [3.8, 4) is 0 Å². The summed E-state index contributed by atoms with van der Waals surface area (Å²) in [4.78, 5) is 13.2. The van der Waals surface area contributed by atoms with E-state index in [1.165, 1.54) is 0 Å². The summed E-state index contributed by atoms with van der Waals surface area (Å²) in [6, 6.07) is 0. The van der Waals surface area contributed by atoms with E-state index in [9.17, 15) is 9.90 Å². The van der Waals surface area contributed by atoms with Gasteiger partial charge in [0, 0.05) is 19.5 Å². The summed E-state index contributed by atoms with van der Waals surface area (Å²) in [5.74, 6) is 0.114. The zero-order chi connectivity index (χ0) is 9.90. The fraction of sp³-hybridized carbons (Fsp3) is 0.889. The van der Waals surface area contributed by atoms with Gasteiger partial charge in [0.2, 0.25) is 5.91 Å². The van der Waals surface area contributed by atoms with Crippen molar-refractivity contribution in [2.24, 2.45) is 5.73 Å². The molecule has 1 rings (SSSR count). The summed E-state index contributed by atoms with van der Waals surface area (Å²) in [5, 5.41) is 9.62. The highest BCUT2D eigenvalue weighted by Crippen LogP contribution is 2.20. The third kappa shape index (κ3) is 2.97. The molecule has 1 heterocycles. The second-order valence-electron chi connectivity index (χ2n) is 3.95. The summed E-state index contributed by atoms with van der Waals surface area (Å²) in [7, 11) is 0. The second kappa shape index (κ2) is 4.07. The molecule has 1 saturated heterocycles. The Hall–Kier alpha value is -0.610. The SMILES string of the molecule is CC1(O)CCN(C(=O)CCCN)C1. The van der Waals surface area contributed by atoms with Crippen LogP contribution in [0.3, 0.4) is 0 Å². The molecule has 0 radical (unpaired) electrons. The van der Waals surface area contributed by atoms with Crippen molar-refractivity contribution in [1.29, 1.82) is 0 Å². The highest BCUT2D eigenvalue weighted by Gasteiger charge is 2.33. The lowest BCUT2D eigenvalue weighted by Crippen LogP contribution is -2.33. The van der Waals surface area contributed by atoms with Crippen LogP contribution in [0, 0.1) is 0 Å². The van der Waals surface area contributed by atoms with Crippen LogP contribution in [0.5, 0.6) is 0 Å². The zero-order valence-electron chi connectivity index (χ0n) is 8.12. The third-order valence-electron chi connectivity index (χ3n) is 2.40. The van der Waals surface area contributed by atoms with Gasteiger partial charge in [-0.05, 0) is 26.3 Å². The van der Waals surface area contributed by atoms with Gasteiger partial charge in [0.05, 0.1) is 5.60 Å². The van der Waals surface area contributed by atoms with Crippen molar-refractivity contribution in [3.05, 3.63) is 0 Å². The van der Waals surface area contributed by atoms with Crippen LogP contribution in [-0.4, -0.2) is 41.1 Å². The summed E-state index contributed by atoms with van der Waals surface area (Å²) in [6.45, 7) is 3.46. The molecule has 1 unspecified atom stereocenters. The molecule has 0 saturated carbocycles. The molecule has 1 amide bonds. The number of hydrogen-bond donors (Lipinski definition) is 2. The van der Waals surface area contributed by atoms with Crippen molar-refractivity contribution < 1.29 is 9.90 Å². The van der Waals surface area contributed by atoms with Crippen LogP contribution in [-0.2, 0) is 4.79 Å². The predicted molar refractivity (Wildman–Crippen MR) is 50.1 cm³/mol. The first-order valence-electron chi connectivity index (χ1n) is 4.75. The lowest BCUT2D eigenvalue weighted by Gasteiger charge is -2.18. The number of hydrogen-bond acceptors (Lipinski definition) is 3. The fourth-order valence-electron chi connectivity index (χ4n) is 1.57. The topological polar surface area (TPSA) is 66.6 Å². The molecular weight excluding hydrogens is 168 g/mol. The van der Waals surface area contributed by atoms with Gasteiger partial charge in [0.1, 0.15) is 0 Å². The molecule has 4 heteroatoms. The number of nitrogens with two attached hydrogens (primary N) is 1. The molecule has 0 aromatic rings. The molecule has 76 valence electrons. The fourth-order valence-corrected chi connectivity index (χ4v) is 1.57. The second-order valence-corrected chi connectivity index (χ2v) is 3.95. The molecule has 1 atom stereocenters. The van der Waals surface area contributed by atoms with Gasteiger partial charge in [0.15, 0.2) is 0 Å². The Morgan fingerprint density at radius 1 is 1.69 bits per heavy atom. The van der Waals surface area contributed by atoms with Crippen molar-refractivity contribution in [2.75, 3.05) is 19.6 Å². The molecule has 0 spiro atoms. The summed E-state index contributed by atoms with van der Waals surface area (Å²) < 4.78 is 0. The van der Waals surface area contributed by atoms with Crippen LogP contribution >= 0.6 is 0 Å². The van der Waals surface area contributed by atoms with Gasteiger partial charge in [-0.15, -0.1) is 0 Å². The Balaban J connectivity index is 2.33. The smallest absolute Gasteiger partial charge is 0.222 e. The van der Waals surface area contributed by atoms with Crippen molar-refractivity contribution in [2.45, 2.75) is 31.8 Å². The van der Waals surface area contributed by atoms with Crippen LogP contribution < -0.4 is 5.73 Å². The van der Waals surface area contributed by atoms with Gasteiger partial charge in [0.25, 0.3) is 0 Å². The Bertz CT molecular complexity index is 192. The molecule has 13 heavy (non-hydrogen) atoms. The Morgan fingerprint density at radius 3 is 2.85 bits per heavy atom. The largest absolute Gasteiger partial charge is 0.388 e. The summed E-state index contributed by atoms with van der Waals surface area (Å²) >= 11 is 0. The number of carbonyl (C=O) groups excluding carboxylic acids is 1. The van der Waals surface area contributed by atoms with Crippen molar-refractivity contribution in [3.63, 3.8) is 0 Å². The van der Waals surface area contributed by atoms with Crippen LogP contribution in [0.25, 0.3) is 0 Å². The van der Waals surface area contributed by atoms with Gasteiger partial charge < -0.3 is 15.7 Å². The molecule has 3 N–H and O–H groups in total. The molecule has 1 fully saturated rings. The van der Waals surface area contributed by atoms with E-state index >= 15 is 0 Å². The van der Waals surface area contributed by atoms with Gasteiger partial charge in [-0.2, -0.15) is 0 Å². The average Bonchev–Trinajstić information content (AvgIpc) is 2.42. The number of amides is 1. The minimum Gasteiger partial charge on any atom is -0.388 e. The zero-order valence-corrected chi connectivity index (χ0v) is 8.12. The Labute approximate surface area is 78.7 Å². The standard InChI is InChI=1S/C9H18N2O2/c1-9(13)4-6-11(7-9)8(12)3-2-5-10/h13H,2-7,10H2,1H3. The first-order chi connectivity index (χ1) is 6.05. The Kier molecular flexibility index (Phi) is 3.27. The predicted octanol–water partition coefficient (Wildman–Crippen LogP) is -0.291. The first-order valence-corrected chi connectivity index (χ1v) is 4.75. The van der Waals surface area contributed by atoms with Crippen LogP contribution in [0.2, 0.25) is 0 Å². The van der Waals surface area contributed by atoms with E-state index in [4.69, 9.17) is 5.73 Å². The number of nitrogens with zero attached hydrogens (tertiary/aromatic N) is 1. The minimum atomic E-state index is -0.682. The number of likely N-dealkylation sites (tertiary alicyclic amines) is 1. The van der Waals surface area contributed by atoms with E-state index in [1.807, 2.05) is 0 Å². The maximum absolute atomic E-state index is 11.5. The van der Waals surface area contributed by atoms with E-state index in [0.29, 0.717) is 32.5 Å². The van der Waals surface area contributed by atoms with Crippen LogP contribution in [0.4, 0.5) is 0 Å². The summed E-state index contributed by atoms with van der Waals surface area (Å²) in [6.07, 6.45) is 1.92. The van der Waals surface area contributed by atoms with Gasteiger partial charge in [-0.25, -0.2) is 0 Å². The summed E-state index contributed by atoms with van der Waals surface area (Å²) in [5.41, 5.74) is 4.63. The third-order valence-corrected chi connectivity index (χ3v) is 2.40. The minimum absolute atomic E-state index is 0.114. The van der Waals surface area contributed by atoms with Crippen molar-refractivity contribution >= 4 is 5.91 Å². The van der Waals surface area contributed by atoms with E-state index in [0.717, 1.165) is 6.42 Å². The lowest BCUT2D eigenvalue weighted by atomic mass is 10.1. The Morgan fingerprint density at radius 2 is 2.38 bits per heavy atom. The molecule has 0 aromatic carbocycles. The maximum Gasteiger partial charge on any atom is 0.222 e. The number of rotatable bonds is 3. The average molecular weight is 186 g/mol. The van der Waals surface area contributed by atoms with Crippen molar-refractivity contribution in [1.82, 2.24) is 4.90 Å². The maximum atomic E-state index is 11.5. The molecule has 0 bridgehead atoms. The molecular formula is C9H18N2O2. The highest BCUT2D eigenvalue weighted by atomic mass is 16.3.